The molecule has 1 amide bonds. The Bertz CT molecular complexity index is 1340. The van der Waals surface area contributed by atoms with Crippen molar-refractivity contribution in [3.63, 3.8) is 0 Å². The van der Waals surface area contributed by atoms with Crippen molar-refractivity contribution in [3.05, 3.63) is 77.2 Å². The van der Waals surface area contributed by atoms with Crippen LogP contribution < -0.4 is 10.6 Å². The van der Waals surface area contributed by atoms with Crippen LogP contribution in [0.2, 0.25) is 0 Å². The van der Waals surface area contributed by atoms with Gasteiger partial charge in [-0.1, -0.05) is 42.4 Å². The number of hydrogen-bond acceptors (Lipinski definition) is 9. The highest BCUT2D eigenvalue weighted by Gasteiger charge is 2.20. The van der Waals surface area contributed by atoms with Crippen molar-refractivity contribution >= 4 is 23.4 Å². The fraction of sp³-hybridized carbons (Fsp3) is 0.269. The fourth-order valence-electron chi connectivity index (χ4n) is 3.65. The van der Waals surface area contributed by atoms with Gasteiger partial charge in [-0.05, 0) is 36.2 Å². The van der Waals surface area contributed by atoms with E-state index in [1.165, 1.54) is 0 Å². The van der Waals surface area contributed by atoms with E-state index in [9.17, 15) is 9.90 Å². The number of amides is 1. The lowest BCUT2D eigenvalue weighted by atomic mass is 10.1. The van der Waals surface area contributed by atoms with E-state index >= 15 is 0 Å². The second-order valence-electron chi connectivity index (χ2n) is 8.47. The maximum absolute atomic E-state index is 12.4. The van der Waals surface area contributed by atoms with E-state index in [-0.39, 0.29) is 18.4 Å². The number of nitrogens with one attached hydrogen (secondary N) is 2. The molecule has 0 spiro atoms. The van der Waals surface area contributed by atoms with Gasteiger partial charge in [-0.25, -0.2) is 4.98 Å². The van der Waals surface area contributed by atoms with Gasteiger partial charge in [-0.2, -0.15) is 9.97 Å². The van der Waals surface area contributed by atoms with Crippen LogP contribution in [0.25, 0.3) is 11.5 Å². The van der Waals surface area contributed by atoms with E-state index in [4.69, 9.17) is 4.52 Å². The quantitative estimate of drug-likeness (QED) is 0.321. The molecule has 4 rings (SSSR count). The average molecular weight is 488 g/mol. The Labute approximate surface area is 209 Å². The zero-order valence-electron chi connectivity index (χ0n) is 20.7. The van der Waals surface area contributed by atoms with Crippen LogP contribution in [0.15, 0.2) is 59.3 Å². The van der Waals surface area contributed by atoms with Gasteiger partial charge in [-0.3, -0.25) is 4.79 Å². The highest BCUT2D eigenvalue weighted by molar-refractivity contribution is 5.95. The first-order valence-electron chi connectivity index (χ1n) is 11.6. The number of rotatable bonds is 9. The molecule has 4 aromatic rings. The minimum atomic E-state index is -0.417. The Kier molecular flexibility index (Phi) is 7.55. The normalized spacial score (nSPS) is 11.7. The third-order valence-corrected chi connectivity index (χ3v) is 5.62. The zero-order chi connectivity index (χ0) is 25.7. The SMILES string of the molecule is CCc1noc(-c2cnc(Nc3ccc(C(=O)N(C)C)c(C)c3)nc2N[C@H](CO)c2ccccc2)n1. The molecule has 2 aromatic carbocycles. The molecule has 1 atom stereocenters. The lowest BCUT2D eigenvalue weighted by molar-refractivity contribution is 0.0827. The Morgan fingerprint density at radius 2 is 1.92 bits per heavy atom. The molecule has 0 bridgehead atoms. The molecular weight excluding hydrogens is 458 g/mol. The molecule has 0 aliphatic heterocycles. The molecule has 0 saturated heterocycles. The topological polar surface area (TPSA) is 129 Å². The number of aliphatic hydroxyl groups is 1. The number of benzene rings is 2. The van der Waals surface area contributed by atoms with Crippen molar-refractivity contribution < 1.29 is 14.4 Å². The number of aryl methyl sites for hydroxylation is 2. The first-order valence-corrected chi connectivity index (χ1v) is 11.6. The van der Waals surface area contributed by atoms with Gasteiger partial charge in [0.1, 0.15) is 11.4 Å². The highest BCUT2D eigenvalue weighted by Crippen LogP contribution is 2.30. The summed E-state index contributed by atoms with van der Waals surface area (Å²) >= 11 is 0. The number of hydrogen-bond donors (Lipinski definition) is 3. The second kappa shape index (κ2) is 11.0. The molecule has 0 fully saturated rings. The molecular formula is C26H29N7O3. The van der Waals surface area contributed by atoms with Crippen LogP contribution in [0, 0.1) is 6.92 Å². The summed E-state index contributed by atoms with van der Waals surface area (Å²) in [7, 11) is 3.44. The molecule has 186 valence electrons. The number of aromatic nitrogens is 4. The molecule has 0 aliphatic rings. The third-order valence-electron chi connectivity index (χ3n) is 5.62. The van der Waals surface area contributed by atoms with Gasteiger partial charge in [-0.15, -0.1) is 0 Å². The molecule has 10 nitrogen and oxygen atoms in total. The number of anilines is 3. The Balaban J connectivity index is 1.67. The maximum Gasteiger partial charge on any atom is 0.263 e. The highest BCUT2D eigenvalue weighted by atomic mass is 16.5. The molecule has 10 heteroatoms. The van der Waals surface area contributed by atoms with Crippen LogP contribution in [-0.4, -0.2) is 56.7 Å². The largest absolute Gasteiger partial charge is 0.394 e. The number of aliphatic hydroxyl groups excluding tert-OH is 1. The van der Waals surface area contributed by atoms with Gasteiger partial charge in [0, 0.05) is 38.0 Å². The van der Waals surface area contributed by atoms with Crippen molar-refractivity contribution in [2.24, 2.45) is 0 Å². The van der Waals surface area contributed by atoms with Gasteiger partial charge >= 0.3 is 0 Å². The Morgan fingerprint density at radius 3 is 2.56 bits per heavy atom. The fourth-order valence-corrected chi connectivity index (χ4v) is 3.65. The first-order chi connectivity index (χ1) is 17.4. The molecule has 0 aliphatic carbocycles. The summed E-state index contributed by atoms with van der Waals surface area (Å²) in [6.07, 6.45) is 2.22. The van der Waals surface area contributed by atoms with Gasteiger partial charge in [0.05, 0.1) is 12.6 Å². The van der Waals surface area contributed by atoms with Gasteiger partial charge in [0.2, 0.25) is 5.95 Å². The van der Waals surface area contributed by atoms with E-state index in [2.05, 4.69) is 30.7 Å². The van der Waals surface area contributed by atoms with Crippen LogP contribution in [0.1, 0.15) is 40.3 Å². The lowest BCUT2D eigenvalue weighted by Gasteiger charge is -2.19. The van der Waals surface area contributed by atoms with Crippen molar-refractivity contribution in [2.45, 2.75) is 26.3 Å². The van der Waals surface area contributed by atoms with E-state index < -0.39 is 6.04 Å². The van der Waals surface area contributed by atoms with Crippen molar-refractivity contribution in [2.75, 3.05) is 31.3 Å². The van der Waals surface area contributed by atoms with Gasteiger partial charge < -0.3 is 25.2 Å². The molecule has 0 radical (unpaired) electrons. The first kappa shape index (κ1) is 24.8. The minimum Gasteiger partial charge on any atom is -0.394 e. The summed E-state index contributed by atoms with van der Waals surface area (Å²) in [6.45, 7) is 3.67. The molecule has 36 heavy (non-hydrogen) atoms. The molecule has 2 heterocycles. The van der Waals surface area contributed by atoms with Gasteiger partial charge in [0.15, 0.2) is 5.82 Å². The summed E-state index contributed by atoms with van der Waals surface area (Å²) < 4.78 is 5.43. The monoisotopic (exact) mass is 487 g/mol. The molecule has 2 aromatic heterocycles. The standard InChI is InChI=1S/C26H29N7O3/c1-5-22-30-24(36-32-22)20-14-27-26(28-18-11-12-19(16(2)13-18)25(35)33(3)4)31-23(20)29-21(15-34)17-9-7-6-8-10-17/h6-14,21,34H,5,15H2,1-4H3,(H2,27,28,29,31)/t21-/m1/s1. The average Bonchev–Trinajstić information content (AvgIpc) is 3.37. The van der Waals surface area contributed by atoms with Crippen molar-refractivity contribution in [1.82, 2.24) is 25.0 Å². The third kappa shape index (κ3) is 5.49. The number of carbonyl (C=O) groups excluding carboxylic acids is 1. The Morgan fingerprint density at radius 1 is 1.14 bits per heavy atom. The predicted molar refractivity (Wildman–Crippen MR) is 137 cm³/mol. The summed E-state index contributed by atoms with van der Waals surface area (Å²) in [5, 5.41) is 20.5. The van der Waals surface area contributed by atoms with E-state index in [1.807, 2.05) is 50.2 Å². The summed E-state index contributed by atoms with van der Waals surface area (Å²) in [4.78, 5) is 27.4. The van der Waals surface area contributed by atoms with Crippen LogP contribution >= 0.6 is 0 Å². The summed E-state index contributed by atoms with van der Waals surface area (Å²) in [5.41, 5.74) is 3.60. The number of nitrogens with zero attached hydrogens (tertiary/aromatic N) is 5. The van der Waals surface area contributed by atoms with Crippen LogP contribution in [-0.2, 0) is 6.42 Å². The molecule has 0 saturated carbocycles. The second-order valence-corrected chi connectivity index (χ2v) is 8.47. The minimum absolute atomic E-state index is 0.0619. The smallest absolute Gasteiger partial charge is 0.263 e. The zero-order valence-corrected chi connectivity index (χ0v) is 20.7. The number of carbonyl (C=O) groups is 1. The summed E-state index contributed by atoms with van der Waals surface area (Å²) in [5.74, 6) is 1.55. The van der Waals surface area contributed by atoms with E-state index in [1.54, 1.807) is 37.3 Å². The van der Waals surface area contributed by atoms with E-state index in [0.717, 1.165) is 16.8 Å². The van der Waals surface area contributed by atoms with Crippen LogP contribution in [0.4, 0.5) is 17.5 Å². The molecule has 3 N–H and O–H groups in total. The lowest BCUT2D eigenvalue weighted by Crippen LogP contribution is -2.22. The van der Waals surface area contributed by atoms with Gasteiger partial charge in [0.25, 0.3) is 11.8 Å². The van der Waals surface area contributed by atoms with Crippen molar-refractivity contribution in [3.8, 4) is 11.5 Å². The molecule has 0 unspecified atom stereocenters. The Hall–Kier alpha value is -4.31. The van der Waals surface area contributed by atoms with Crippen LogP contribution in [0.5, 0.6) is 0 Å². The van der Waals surface area contributed by atoms with E-state index in [0.29, 0.717) is 35.1 Å². The predicted octanol–water partition coefficient (Wildman–Crippen LogP) is 3.99. The maximum atomic E-state index is 12.4. The van der Waals surface area contributed by atoms with Crippen molar-refractivity contribution in [1.29, 1.82) is 0 Å². The summed E-state index contributed by atoms with van der Waals surface area (Å²) in [6, 6.07) is 14.6. The van der Waals surface area contributed by atoms with Crippen LogP contribution in [0.3, 0.4) is 0 Å².